The van der Waals surface area contributed by atoms with Crippen LogP contribution in [0.4, 0.5) is 0 Å². The zero-order valence-corrected chi connectivity index (χ0v) is 7.86. The third-order valence-electron chi connectivity index (χ3n) is 1.40. The molecule has 2 unspecified atom stereocenters. The van der Waals surface area contributed by atoms with Gasteiger partial charge in [-0.15, -0.1) is 12.3 Å². The Bertz CT molecular complexity index is 233. The van der Waals surface area contributed by atoms with E-state index < -0.39 is 7.52 Å². The fourth-order valence-corrected chi connectivity index (χ4v) is 4.62. The largest absolute Gasteiger partial charge is 0.246 e. The first kappa shape index (κ1) is 8.38. The third kappa shape index (κ3) is 2.15. The maximum absolute atomic E-state index is 11.2. The minimum atomic E-state index is -1.97. The van der Waals surface area contributed by atoms with Gasteiger partial charge in [0, 0.05) is 17.4 Å². The second-order valence-corrected chi connectivity index (χ2v) is 8.86. The zero-order valence-electron chi connectivity index (χ0n) is 5.41. The molecule has 1 aliphatic rings. The van der Waals surface area contributed by atoms with Crippen LogP contribution in [0.2, 0.25) is 0 Å². The Morgan fingerprint density at radius 2 is 2.50 bits per heavy atom. The van der Waals surface area contributed by atoms with Gasteiger partial charge in [0.15, 0.2) is 0 Å². The highest BCUT2D eigenvalue weighted by Gasteiger charge is 2.19. The predicted molar refractivity (Wildman–Crippen MR) is 49.8 cm³/mol. The smallest absolute Gasteiger partial charge is 0.0819 e. The summed E-state index contributed by atoms with van der Waals surface area (Å²) < 4.78 is 11.2. The van der Waals surface area contributed by atoms with E-state index in [1.54, 1.807) is 0 Å². The van der Waals surface area contributed by atoms with Gasteiger partial charge in [-0.25, -0.2) is 4.21 Å². The molecule has 2 atom stereocenters. The average Bonchev–Trinajstić information content (AvgIpc) is 1.88. The van der Waals surface area contributed by atoms with E-state index in [9.17, 15) is 4.21 Å². The van der Waals surface area contributed by atoms with Crippen molar-refractivity contribution in [2.75, 3.05) is 11.5 Å². The number of hydrogen-bond acceptors (Lipinski definition) is 3. The summed E-state index contributed by atoms with van der Waals surface area (Å²) in [6.07, 6.45) is 6.04. The first-order chi connectivity index (χ1) is 4.64. The molecule has 4 heteroatoms. The average molecular weight is 192 g/mol. The molecule has 0 aromatic carbocycles. The van der Waals surface area contributed by atoms with E-state index in [4.69, 9.17) is 17.6 Å². The molecule has 1 heterocycles. The van der Waals surface area contributed by atoms with Crippen molar-refractivity contribution in [1.82, 2.24) is 0 Å². The number of hydrogen-bond donors (Lipinski definition) is 0. The molecule has 0 aliphatic carbocycles. The van der Waals surface area contributed by atoms with E-state index in [1.807, 2.05) is 0 Å². The van der Waals surface area contributed by atoms with Gasteiger partial charge in [0.2, 0.25) is 0 Å². The summed E-state index contributed by atoms with van der Waals surface area (Å²) in [6.45, 7) is 0. The lowest BCUT2D eigenvalue weighted by Gasteiger charge is -2.17. The van der Waals surface area contributed by atoms with Crippen LogP contribution < -0.4 is 0 Å². The molecule has 1 nitrogen and oxygen atoms in total. The molecule has 1 rings (SSSR count). The first-order valence-corrected chi connectivity index (χ1v) is 7.13. The first-order valence-electron chi connectivity index (χ1n) is 2.97. The molecule has 10 heavy (non-hydrogen) atoms. The molecule has 0 spiro atoms. The SMILES string of the molecule is C#CC1CCS(=O)(=S)SC1. The van der Waals surface area contributed by atoms with Crippen molar-refractivity contribution in [3.05, 3.63) is 0 Å². The number of rotatable bonds is 0. The molecule has 0 radical (unpaired) electrons. The van der Waals surface area contributed by atoms with Gasteiger partial charge in [0.05, 0.1) is 7.52 Å². The molecule has 0 aromatic heterocycles. The molecule has 1 saturated heterocycles. The second-order valence-electron chi connectivity index (χ2n) is 2.20. The third-order valence-corrected chi connectivity index (χ3v) is 6.39. The van der Waals surface area contributed by atoms with Crippen LogP contribution in [0, 0.1) is 18.3 Å². The highest BCUT2D eigenvalue weighted by atomic mass is 33.3. The summed E-state index contributed by atoms with van der Waals surface area (Å²) in [5.41, 5.74) is 0. The van der Waals surface area contributed by atoms with Crippen LogP contribution in [-0.2, 0) is 18.7 Å². The van der Waals surface area contributed by atoms with Gasteiger partial charge in [-0.05, 0) is 17.6 Å². The second kappa shape index (κ2) is 3.12. The Morgan fingerprint density at radius 1 is 1.80 bits per heavy atom. The Kier molecular flexibility index (Phi) is 2.61. The molecule has 0 bridgehead atoms. The fourth-order valence-electron chi connectivity index (χ4n) is 0.746. The van der Waals surface area contributed by atoms with Gasteiger partial charge >= 0.3 is 0 Å². The topological polar surface area (TPSA) is 17.1 Å². The fraction of sp³-hybridized carbons (Fsp3) is 0.667. The summed E-state index contributed by atoms with van der Waals surface area (Å²) in [6, 6.07) is 0. The van der Waals surface area contributed by atoms with Crippen molar-refractivity contribution in [1.29, 1.82) is 0 Å². The van der Waals surface area contributed by atoms with Gasteiger partial charge in [0.25, 0.3) is 0 Å². The van der Waals surface area contributed by atoms with Gasteiger partial charge in [-0.3, -0.25) is 0 Å². The van der Waals surface area contributed by atoms with Crippen molar-refractivity contribution in [2.24, 2.45) is 5.92 Å². The standard InChI is InChI=1S/C6H8OS3/c1-2-6-3-4-10(7,8)9-5-6/h1,6H,3-5H2. The summed E-state index contributed by atoms with van der Waals surface area (Å²) >= 11 is 4.82. The quantitative estimate of drug-likeness (QED) is 0.421. The van der Waals surface area contributed by atoms with E-state index in [-0.39, 0.29) is 0 Å². The van der Waals surface area contributed by atoms with Crippen LogP contribution in [0.3, 0.4) is 0 Å². The molecule has 0 saturated carbocycles. The van der Waals surface area contributed by atoms with Crippen LogP contribution in [0.25, 0.3) is 0 Å². The molecule has 0 aromatic rings. The van der Waals surface area contributed by atoms with Gasteiger partial charge < -0.3 is 0 Å². The maximum Gasteiger partial charge on any atom is 0.0819 e. The molecule has 1 aliphatic heterocycles. The lowest BCUT2D eigenvalue weighted by atomic mass is 10.1. The predicted octanol–water partition coefficient (Wildman–Crippen LogP) is 1.03. The van der Waals surface area contributed by atoms with Crippen LogP contribution in [-0.4, -0.2) is 15.7 Å². The van der Waals surface area contributed by atoms with Crippen LogP contribution in [0.5, 0.6) is 0 Å². The van der Waals surface area contributed by atoms with E-state index in [1.165, 1.54) is 10.8 Å². The molecular weight excluding hydrogens is 184 g/mol. The van der Waals surface area contributed by atoms with E-state index in [0.29, 0.717) is 11.7 Å². The van der Waals surface area contributed by atoms with Crippen molar-refractivity contribution in [3.8, 4) is 12.3 Å². The van der Waals surface area contributed by atoms with Gasteiger partial charge in [-0.1, -0.05) is 10.8 Å². The van der Waals surface area contributed by atoms with Crippen LogP contribution in [0.15, 0.2) is 0 Å². The van der Waals surface area contributed by atoms with E-state index in [0.717, 1.165) is 12.2 Å². The van der Waals surface area contributed by atoms with E-state index in [2.05, 4.69) is 5.92 Å². The molecular formula is C6H8OS3. The molecule has 1 fully saturated rings. The lowest BCUT2D eigenvalue weighted by Crippen LogP contribution is -2.15. The summed E-state index contributed by atoms with van der Waals surface area (Å²) in [7, 11) is -0.618. The van der Waals surface area contributed by atoms with Crippen molar-refractivity contribution >= 4 is 29.5 Å². The monoisotopic (exact) mass is 192 g/mol. The number of terminal acetylenes is 1. The normalized spacial score (nSPS) is 40.5. The van der Waals surface area contributed by atoms with Gasteiger partial charge in [0.1, 0.15) is 0 Å². The van der Waals surface area contributed by atoms with Gasteiger partial charge in [-0.2, -0.15) is 0 Å². The molecule has 56 valence electrons. The molecule has 0 amide bonds. The maximum atomic E-state index is 11.2. The molecule has 0 N–H and O–H groups in total. The Hall–Kier alpha value is 0.280. The van der Waals surface area contributed by atoms with Crippen LogP contribution in [0.1, 0.15) is 6.42 Å². The highest BCUT2D eigenvalue weighted by Crippen LogP contribution is 2.26. The lowest BCUT2D eigenvalue weighted by molar-refractivity contribution is 0.673. The highest BCUT2D eigenvalue weighted by molar-refractivity contribution is 8.85. The van der Waals surface area contributed by atoms with Crippen molar-refractivity contribution < 1.29 is 4.21 Å². The summed E-state index contributed by atoms with van der Waals surface area (Å²) in [4.78, 5) is 0. The Balaban J connectivity index is 2.56. The Labute approximate surface area is 70.0 Å². The Morgan fingerprint density at radius 3 is 2.90 bits per heavy atom. The zero-order chi connectivity index (χ0) is 7.61. The van der Waals surface area contributed by atoms with Crippen LogP contribution >= 0.6 is 10.8 Å². The minimum Gasteiger partial charge on any atom is -0.246 e. The summed E-state index contributed by atoms with van der Waals surface area (Å²) in [5.74, 6) is 4.33. The van der Waals surface area contributed by atoms with E-state index >= 15 is 0 Å². The van der Waals surface area contributed by atoms with Crippen molar-refractivity contribution in [2.45, 2.75) is 6.42 Å². The minimum absolute atomic E-state index is 0.294. The summed E-state index contributed by atoms with van der Waals surface area (Å²) in [5, 5.41) is 0. The van der Waals surface area contributed by atoms with Crippen molar-refractivity contribution in [3.63, 3.8) is 0 Å².